The lowest BCUT2D eigenvalue weighted by Crippen LogP contribution is -2.49. The molecule has 0 aliphatic carbocycles. The molecule has 1 aromatic carbocycles. The molecule has 17 heavy (non-hydrogen) atoms. The first-order valence-corrected chi connectivity index (χ1v) is 6.87. The van der Waals surface area contributed by atoms with Gasteiger partial charge in [-0.25, -0.2) is 0 Å². The minimum atomic E-state index is 0.505. The van der Waals surface area contributed by atoms with Crippen LogP contribution in [0.3, 0.4) is 0 Å². The first kappa shape index (κ1) is 12.6. The third-order valence-corrected chi connectivity index (χ3v) is 3.87. The average molecular weight is 232 g/mol. The highest BCUT2D eigenvalue weighted by atomic mass is 15.2. The maximum absolute atomic E-state index is 3.63. The molecule has 1 aromatic rings. The molecule has 0 amide bonds. The Morgan fingerprint density at radius 3 is 2.59 bits per heavy atom. The summed E-state index contributed by atoms with van der Waals surface area (Å²) in [7, 11) is 0. The van der Waals surface area contributed by atoms with Crippen LogP contribution in [-0.4, -0.2) is 30.6 Å². The van der Waals surface area contributed by atoms with Crippen molar-refractivity contribution in [2.24, 2.45) is 0 Å². The van der Waals surface area contributed by atoms with Gasteiger partial charge in [0.2, 0.25) is 0 Å². The Bertz CT molecular complexity index is 319. The van der Waals surface area contributed by atoms with E-state index in [9.17, 15) is 0 Å². The molecule has 0 aromatic heterocycles. The van der Waals surface area contributed by atoms with Crippen molar-refractivity contribution in [2.45, 2.75) is 38.8 Å². The summed E-state index contributed by atoms with van der Waals surface area (Å²) in [6.07, 6.45) is 2.52. The predicted molar refractivity (Wildman–Crippen MR) is 73.1 cm³/mol. The van der Waals surface area contributed by atoms with E-state index in [0.29, 0.717) is 6.04 Å². The van der Waals surface area contributed by atoms with Crippen LogP contribution < -0.4 is 5.32 Å². The van der Waals surface area contributed by atoms with Crippen molar-refractivity contribution in [1.29, 1.82) is 0 Å². The minimum Gasteiger partial charge on any atom is -0.308 e. The molecular formula is C15H24N2. The fourth-order valence-corrected chi connectivity index (χ4v) is 2.82. The summed E-state index contributed by atoms with van der Waals surface area (Å²) >= 11 is 0. The fourth-order valence-electron chi connectivity index (χ4n) is 2.82. The van der Waals surface area contributed by atoms with Crippen LogP contribution in [0.2, 0.25) is 0 Å². The molecule has 1 unspecified atom stereocenters. The third kappa shape index (κ3) is 3.08. The number of benzene rings is 1. The van der Waals surface area contributed by atoms with Crippen molar-refractivity contribution in [3.05, 3.63) is 35.9 Å². The summed E-state index contributed by atoms with van der Waals surface area (Å²) in [5.74, 6) is 0. The SMILES string of the molecule is CCC(CC)N1CCNC(c2ccccc2)C1. The molecule has 1 atom stereocenters. The summed E-state index contributed by atoms with van der Waals surface area (Å²) < 4.78 is 0. The van der Waals surface area contributed by atoms with Crippen molar-refractivity contribution in [3.63, 3.8) is 0 Å². The Labute approximate surface area is 105 Å². The van der Waals surface area contributed by atoms with E-state index in [1.807, 2.05) is 0 Å². The lowest BCUT2D eigenvalue weighted by Gasteiger charge is -2.38. The Morgan fingerprint density at radius 2 is 1.94 bits per heavy atom. The number of hydrogen-bond acceptors (Lipinski definition) is 2. The van der Waals surface area contributed by atoms with Gasteiger partial charge in [0.25, 0.3) is 0 Å². The van der Waals surface area contributed by atoms with Crippen molar-refractivity contribution in [2.75, 3.05) is 19.6 Å². The summed E-state index contributed by atoms with van der Waals surface area (Å²) in [5.41, 5.74) is 1.42. The topological polar surface area (TPSA) is 15.3 Å². The predicted octanol–water partition coefficient (Wildman–Crippen LogP) is 2.82. The highest BCUT2D eigenvalue weighted by Crippen LogP contribution is 2.20. The highest BCUT2D eigenvalue weighted by Gasteiger charge is 2.24. The Morgan fingerprint density at radius 1 is 1.24 bits per heavy atom. The second-order valence-electron chi connectivity index (χ2n) is 4.88. The summed E-state index contributed by atoms with van der Waals surface area (Å²) in [4.78, 5) is 2.65. The molecule has 1 fully saturated rings. The molecule has 1 aliphatic heterocycles. The fraction of sp³-hybridized carbons (Fsp3) is 0.600. The normalized spacial score (nSPS) is 21.9. The van der Waals surface area contributed by atoms with Gasteiger partial charge in [-0.1, -0.05) is 44.2 Å². The van der Waals surface area contributed by atoms with Crippen molar-refractivity contribution < 1.29 is 0 Å². The van der Waals surface area contributed by atoms with Crippen LogP contribution in [0.25, 0.3) is 0 Å². The second kappa shape index (κ2) is 6.18. The van der Waals surface area contributed by atoms with Gasteiger partial charge >= 0.3 is 0 Å². The molecule has 0 spiro atoms. The van der Waals surface area contributed by atoms with Gasteiger partial charge in [0.05, 0.1) is 0 Å². The highest BCUT2D eigenvalue weighted by molar-refractivity contribution is 5.19. The third-order valence-electron chi connectivity index (χ3n) is 3.87. The number of nitrogens with one attached hydrogen (secondary N) is 1. The van der Waals surface area contributed by atoms with Crippen LogP contribution in [-0.2, 0) is 0 Å². The molecule has 2 rings (SSSR count). The molecule has 1 saturated heterocycles. The number of rotatable bonds is 4. The van der Waals surface area contributed by atoms with Gasteiger partial charge in [0.1, 0.15) is 0 Å². The number of nitrogens with zero attached hydrogens (tertiary/aromatic N) is 1. The van der Waals surface area contributed by atoms with E-state index in [1.165, 1.54) is 24.9 Å². The molecule has 0 saturated carbocycles. The Hall–Kier alpha value is -0.860. The van der Waals surface area contributed by atoms with Gasteiger partial charge < -0.3 is 5.32 Å². The molecule has 1 heterocycles. The number of piperazine rings is 1. The maximum Gasteiger partial charge on any atom is 0.0449 e. The van der Waals surface area contributed by atoms with Crippen LogP contribution in [0, 0.1) is 0 Å². The first-order valence-electron chi connectivity index (χ1n) is 6.87. The lowest BCUT2D eigenvalue weighted by atomic mass is 10.0. The summed E-state index contributed by atoms with van der Waals surface area (Å²) in [6.45, 7) is 8.05. The van der Waals surface area contributed by atoms with E-state index in [1.54, 1.807) is 0 Å². The zero-order valence-electron chi connectivity index (χ0n) is 11.0. The molecule has 0 bridgehead atoms. The van der Waals surface area contributed by atoms with Crippen LogP contribution in [0.1, 0.15) is 38.3 Å². The lowest BCUT2D eigenvalue weighted by molar-refractivity contribution is 0.136. The van der Waals surface area contributed by atoms with Crippen molar-refractivity contribution in [1.82, 2.24) is 10.2 Å². The summed E-state index contributed by atoms with van der Waals surface area (Å²) in [6, 6.07) is 12.1. The van der Waals surface area contributed by atoms with E-state index < -0.39 is 0 Å². The van der Waals surface area contributed by atoms with E-state index in [-0.39, 0.29) is 0 Å². The molecule has 2 heteroatoms. The van der Waals surface area contributed by atoms with Gasteiger partial charge in [-0.2, -0.15) is 0 Å². The quantitative estimate of drug-likeness (QED) is 0.858. The Kier molecular flexibility index (Phi) is 4.57. The van der Waals surface area contributed by atoms with Crippen LogP contribution in [0.5, 0.6) is 0 Å². The van der Waals surface area contributed by atoms with Crippen LogP contribution in [0.4, 0.5) is 0 Å². The zero-order chi connectivity index (χ0) is 12.1. The molecule has 1 N–H and O–H groups in total. The standard InChI is InChI=1S/C15H24N2/c1-3-14(4-2)17-11-10-16-15(12-17)13-8-6-5-7-9-13/h5-9,14-16H,3-4,10-12H2,1-2H3. The smallest absolute Gasteiger partial charge is 0.0449 e. The van der Waals surface area contributed by atoms with E-state index in [4.69, 9.17) is 0 Å². The second-order valence-corrected chi connectivity index (χ2v) is 4.88. The van der Waals surface area contributed by atoms with E-state index in [2.05, 4.69) is 54.4 Å². The maximum atomic E-state index is 3.63. The van der Waals surface area contributed by atoms with E-state index >= 15 is 0 Å². The molecule has 1 aliphatic rings. The summed E-state index contributed by atoms with van der Waals surface area (Å²) in [5, 5.41) is 3.63. The molecule has 0 radical (unpaired) electrons. The van der Waals surface area contributed by atoms with Crippen LogP contribution >= 0.6 is 0 Å². The van der Waals surface area contributed by atoms with E-state index in [0.717, 1.165) is 19.1 Å². The zero-order valence-corrected chi connectivity index (χ0v) is 11.0. The van der Waals surface area contributed by atoms with Gasteiger partial charge in [-0.3, -0.25) is 4.90 Å². The Balaban J connectivity index is 2.02. The molecular weight excluding hydrogens is 208 g/mol. The molecule has 94 valence electrons. The van der Waals surface area contributed by atoms with Crippen molar-refractivity contribution in [3.8, 4) is 0 Å². The van der Waals surface area contributed by atoms with Gasteiger partial charge in [0, 0.05) is 31.7 Å². The van der Waals surface area contributed by atoms with Crippen molar-refractivity contribution >= 4 is 0 Å². The minimum absolute atomic E-state index is 0.505. The number of hydrogen-bond donors (Lipinski definition) is 1. The van der Waals surface area contributed by atoms with Crippen LogP contribution in [0.15, 0.2) is 30.3 Å². The van der Waals surface area contributed by atoms with Gasteiger partial charge in [0.15, 0.2) is 0 Å². The van der Waals surface area contributed by atoms with Gasteiger partial charge in [-0.15, -0.1) is 0 Å². The molecule has 2 nitrogen and oxygen atoms in total. The first-order chi connectivity index (χ1) is 8.35. The monoisotopic (exact) mass is 232 g/mol. The largest absolute Gasteiger partial charge is 0.308 e. The van der Waals surface area contributed by atoms with Gasteiger partial charge in [-0.05, 0) is 18.4 Å². The average Bonchev–Trinajstić information content (AvgIpc) is 2.42.